The van der Waals surface area contributed by atoms with Gasteiger partial charge in [0.25, 0.3) is 0 Å². The van der Waals surface area contributed by atoms with Crippen molar-refractivity contribution in [3.63, 3.8) is 0 Å². The highest BCUT2D eigenvalue weighted by Gasteiger charge is 2.08. The minimum atomic E-state index is 0.134. The Kier molecular flexibility index (Phi) is 3.94. The molecule has 18 heavy (non-hydrogen) atoms. The normalized spacial score (nSPS) is 10.3. The topological polar surface area (TPSA) is 73.9 Å². The van der Waals surface area contributed by atoms with E-state index in [4.69, 9.17) is 22.1 Å². The molecule has 0 spiro atoms. The summed E-state index contributed by atoms with van der Waals surface area (Å²) in [7, 11) is 0. The zero-order valence-corrected chi connectivity index (χ0v) is 10.7. The number of aryl methyl sites for hydroxylation is 1. The smallest absolute Gasteiger partial charge is 0.241 e. The molecule has 0 saturated carbocycles. The first-order chi connectivity index (χ1) is 8.66. The lowest BCUT2D eigenvalue weighted by Crippen LogP contribution is -2.08. The van der Waals surface area contributed by atoms with Crippen molar-refractivity contribution in [1.29, 1.82) is 0 Å². The minimum Gasteiger partial charge on any atom is -0.476 e. The van der Waals surface area contributed by atoms with Crippen molar-refractivity contribution < 1.29 is 4.74 Å². The Bertz CT molecular complexity index is 533. The lowest BCUT2D eigenvalue weighted by Gasteiger charge is -2.09. The Hall–Kier alpha value is -1.88. The Labute approximate surface area is 110 Å². The molecule has 2 aromatic heterocycles. The molecular weight excluding hydrogens is 252 g/mol. The van der Waals surface area contributed by atoms with Gasteiger partial charge in [-0.3, -0.25) is 4.98 Å². The zero-order valence-electron chi connectivity index (χ0n) is 9.93. The van der Waals surface area contributed by atoms with Gasteiger partial charge in [-0.05, 0) is 30.7 Å². The molecule has 2 heterocycles. The third-order valence-corrected chi connectivity index (χ3v) is 2.57. The summed E-state index contributed by atoms with van der Waals surface area (Å²) >= 11 is 5.75. The number of rotatable bonds is 4. The number of aromatic nitrogens is 3. The Balaban J connectivity index is 1.99. The van der Waals surface area contributed by atoms with Gasteiger partial charge in [-0.2, -0.15) is 4.98 Å². The molecule has 0 aliphatic heterocycles. The number of nitrogen functional groups attached to an aromatic ring is 1. The van der Waals surface area contributed by atoms with Crippen molar-refractivity contribution in [1.82, 2.24) is 15.0 Å². The highest BCUT2D eigenvalue weighted by molar-refractivity contribution is 6.28. The van der Waals surface area contributed by atoms with Gasteiger partial charge in [0.1, 0.15) is 5.69 Å². The molecule has 2 aromatic rings. The molecule has 0 aliphatic rings. The Morgan fingerprint density at radius 3 is 2.89 bits per heavy atom. The van der Waals surface area contributed by atoms with Crippen LogP contribution >= 0.6 is 11.6 Å². The van der Waals surface area contributed by atoms with Crippen LogP contribution < -0.4 is 10.5 Å². The van der Waals surface area contributed by atoms with Gasteiger partial charge in [-0.1, -0.05) is 6.07 Å². The SMILES string of the molecule is Cc1nc(Cl)nc(OCCc2ccccn2)c1N. The van der Waals surface area contributed by atoms with Crippen molar-refractivity contribution in [3.05, 3.63) is 41.1 Å². The molecule has 2 N–H and O–H groups in total. The molecular formula is C12H13ClN4O. The van der Waals surface area contributed by atoms with Gasteiger partial charge in [0, 0.05) is 18.3 Å². The van der Waals surface area contributed by atoms with Crippen molar-refractivity contribution in [3.8, 4) is 5.88 Å². The zero-order chi connectivity index (χ0) is 13.0. The van der Waals surface area contributed by atoms with Crippen LogP contribution in [0.25, 0.3) is 0 Å². The lowest BCUT2D eigenvalue weighted by atomic mass is 10.3. The van der Waals surface area contributed by atoms with Crippen molar-refractivity contribution >= 4 is 17.3 Å². The molecule has 0 saturated heterocycles. The van der Waals surface area contributed by atoms with E-state index in [2.05, 4.69) is 15.0 Å². The second kappa shape index (κ2) is 5.64. The standard InChI is InChI=1S/C12H13ClN4O/c1-8-10(14)11(17-12(13)16-8)18-7-5-9-4-2-3-6-15-9/h2-4,6H,5,7,14H2,1H3. The molecule has 0 bridgehead atoms. The first kappa shape index (κ1) is 12.6. The van der Waals surface area contributed by atoms with Crippen LogP contribution in [0.1, 0.15) is 11.4 Å². The van der Waals surface area contributed by atoms with Gasteiger partial charge in [0.05, 0.1) is 12.3 Å². The van der Waals surface area contributed by atoms with Gasteiger partial charge in [0.2, 0.25) is 11.2 Å². The fraction of sp³-hybridized carbons (Fsp3) is 0.250. The monoisotopic (exact) mass is 264 g/mol. The molecule has 0 radical (unpaired) electrons. The predicted molar refractivity (Wildman–Crippen MR) is 69.6 cm³/mol. The molecule has 0 aliphatic carbocycles. The van der Waals surface area contributed by atoms with Crippen LogP contribution in [0.15, 0.2) is 24.4 Å². The fourth-order valence-electron chi connectivity index (χ4n) is 1.43. The summed E-state index contributed by atoms with van der Waals surface area (Å²) in [6.07, 6.45) is 2.43. The van der Waals surface area contributed by atoms with E-state index in [0.29, 0.717) is 30.3 Å². The number of anilines is 1. The van der Waals surface area contributed by atoms with Gasteiger partial charge in [-0.15, -0.1) is 0 Å². The molecule has 94 valence electrons. The summed E-state index contributed by atoms with van der Waals surface area (Å²) < 4.78 is 5.50. The number of hydrogen-bond donors (Lipinski definition) is 1. The summed E-state index contributed by atoms with van der Waals surface area (Å²) in [6.45, 7) is 2.20. The van der Waals surface area contributed by atoms with Crippen LogP contribution in [0, 0.1) is 6.92 Å². The number of nitrogens with two attached hydrogens (primary N) is 1. The van der Waals surface area contributed by atoms with Gasteiger partial charge >= 0.3 is 0 Å². The summed E-state index contributed by atoms with van der Waals surface area (Å²) in [5.74, 6) is 0.323. The molecule has 5 nitrogen and oxygen atoms in total. The second-order valence-electron chi connectivity index (χ2n) is 3.72. The number of hydrogen-bond acceptors (Lipinski definition) is 5. The Morgan fingerprint density at radius 2 is 2.17 bits per heavy atom. The van der Waals surface area contributed by atoms with Gasteiger partial charge in [-0.25, -0.2) is 4.98 Å². The second-order valence-corrected chi connectivity index (χ2v) is 4.05. The third kappa shape index (κ3) is 3.07. The van der Waals surface area contributed by atoms with Crippen LogP contribution in [0.4, 0.5) is 5.69 Å². The van der Waals surface area contributed by atoms with Gasteiger partial charge < -0.3 is 10.5 Å². The highest BCUT2D eigenvalue weighted by atomic mass is 35.5. The number of ether oxygens (including phenoxy) is 1. The molecule has 0 atom stereocenters. The van der Waals surface area contributed by atoms with Crippen LogP contribution in [-0.2, 0) is 6.42 Å². The maximum Gasteiger partial charge on any atom is 0.241 e. The quantitative estimate of drug-likeness (QED) is 0.856. The van der Waals surface area contributed by atoms with E-state index in [9.17, 15) is 0 Å². The molecule has 2 rings (SSSR count). The van der Waals surface area contributed by atoms with Crippen LogP contribution in [0.2, 0.25) is 5.28 Å². The summed E-state index contributed by atoms with van der Waals surface area (Å²) in [5.41, 5.74) is 7.79. The lowest BCUT2D eigenvalue weighted by molar-refractivity contribution is 0.309. The van der Waals surface area contributed by atoms with Gasteiger partial charge in [0.15, 0.2) is 0 Å². The van der Waals surface area contributed by atoms with E-state index < -0.39 is 0 Å². The van der Waals surface area contributed by atoms with Crippen molar-refractivity contribution in [2.24, 2.45) is 0 Å². The number of pyridine rings is 1. The largest absolute Gasteiger partial charge is 0.476 e. The molecule has 0 amide bonds. The number of halogens is 1. The average Bonchev–Trinajstić information content (AvgIpc) is 2.36. The first-order valence-electron chi connectivity index (χ1n) is 5.49. The average molecular weight is 265 g/mol. The van der Waals surface area contributed by atoms with Crippen molar-refractivity contribution in [2.75, 3.05) is 12.3 Å². The third-order valence-electron chi connectivity index (χ3n) is 2.40. The van der Waals surface area contributed by atoms with E-state index in [-0.39, 0.29) is 5.28 Å². The van der Waals surface area contributed by atoms with Crippen LogP contribution in [0.5, 0.6) is 5.88 Å². The van der Waals surface area contributed by atoms with E-state index in [1.54, 1.807) is 13.1 Å². The van der Waals surface area contributed by atoms with E-state index in [1.807, 2.05) is 18.2 Å². The predicted octanol–water partition coefficient (Wildman–Crippen LogP) is 2.04. The molecule has 0 unspecified atom stereocenters. The van der Waals surface area contributed by atoms with Crippen LogP contribution in [-0.4, -0.2) is 21.6 Å². The maximum absolute atomic E-state index is 5.81. The molecule has 0 fully saturated rings. The highest BCUT2D eigenvalue weighted by Crippen LogP contribution is 2.22. The van der Waals surface area contributed by atoms with E-state index in [0.717, 1.165) is 5.69 Å². The van der Waals surface area contributed by atoms with Crippen molar-refractivity contribution in [2.45, 2.75) is 13.3 Å². The van der Waals surface area contributed by atoms with Crippen LogP contribution in [0.3, 0.4) is 0 Å². The maximum atomic E-state index is 5.81. The molecule has 6 heteroatoms. The van der Waals surface area contributed by atoms with E-state index >= 15 is 0 Å². The molecule has 0 aromatic carbocycles. The Morgan fingerprint density at radius 1 is 1.33 bits per heavy atom. The first-order valence-corrected chi connectivity index (χ1v) is 5.87. The van der Waals surface area contributed by atoms with E-state index in [1.165, 1.54) is 0 Å². The summed E-state index contributed by atoms with van der Waals surface area (Å²) in [6, 6.07) is 5.74. The fourth-order valence-corrected chi connectivity index (χ4v) is 1.63. The number of nitrogens with zero attached hydrogens (tertiary/aromatic N) is 3. The minimum absolute atomic E-state index is 0.134. The summed E-state index contributed by atoms with van der Waals surface area (Å²) in [4.78, 5) is 12.1. The summed E-state index contributed by atoms with van der Waals surface area (Å²) in [5, 5.41) is 0.134.